The van der Waals surface area contributed by atoms with Crippen molar-refractivity contribution in [1.29, 1.82) is 0 Å². The van der Waals surface area contributed by atoms with Gasteiger partial charge in [0.25, 0.3) is 0 Å². The normalized spacial score (nSPS) is 11.9. The molecule has 0 saturated heterocycles. The molecule has 0 aromatic carbocycles. The number of anilines is 2. The van der Waals surface area contributed by atoms with Crippen molar-refractivity contribution in [3.05, 3.63) is 11.5 Å². The van der Waals surface area contributed by atoms with E-state index >= 15 is 0 Å². The highest BCUT2D eigenvalue weighted by Gasteiger charge is 2.33. The second-order valence-electron chi connectivity index (χ2n) is 3.74. The summed E-state index contributed by atoms with van der Waals surface area (Å²) in [6.45, 7) is 2.09. The van der Waals surface area contributed by atoms with Crippen LogP contribution in [-0.2, 0) is 0 Å². The number of rotatable bonds is 3. The third kappa shape index (κ3) is 3.62. The summed E-state index contributed by atoms with van der Waals surface area (Å²) in [7, 11) is 0. The second-order valence-corrected chi connectivity index (χ2v) is 4.10. The molecule has 2 N–H and O–H groups in total. The average Bonchev–Trinajstić information content (AvgIpc) is 2.17. The van der Waals surface area contributed by atoms with Gasteiger partial charge in [-0.15, -0.1) is 0 Å². The zero-order valence-electron chi connectivity index (χ0n) is 9.29. The summed E-state index contributed by atoms with van der Waals surface area (Å²) >= 11 is 5.65. The van der Waals surface area contributed by atoms with Crippen LogP contribution in [0.1, 0.15) is 13.8 Å². The summed E-state index contributed by atoms with van der Waals surface area (Å²) in [5, 5.41) is -0.0529. The first-order valence-corrected chi connectivity index (χ1v) is 5.19. The van der Waals surface area contributed by atoms with Gasteiger partial charge in [-0.3, -0.25) is 0 Å². The number of nitrogens with two attached hydrogens (primary N) is 1. The SMILES string of the molecule is CC(C)N(CC(F)(F)F)c1ncnc(Cl)c1N. The highest BCUT2D eigenvalue weighted by atomic mass is 35.5. The fourth-order valence-electron chi connectivity index (χ4n) is 1.29. The van der Waals surface area contributed by atoms with E-state index in [1.165, 1.54) is 0 Å². The van der Waals surface area contributed by atoms with E-state index < -0.39 is 18.8 Å². The van der Waals surface area contributed by atoms with Crippen LogP contribution in [0.15, 0.2) is 6.33 Å². The molecule has 1 aromatic heterocycles. The highest BCUT2D eigenvalue weighted by molar-refractivity contribution is 6.32. The predicted octanol–water partition coefficient (Wildman–Crippen LogP) is 2.49. The molecule has 1 rings (SSSR count). The van der Waals surface area contributed by atoms with Gasteiger partial charge in [-0.2, -0.15) is 13.2 Å². The van der Waals surface area contributed by atoms with Gasteiger partial charge in [-0.1, -0.05) is 11.6 Å². The Kier molecular flexibility index (Phi) is 4.03. The number of halogens is 4. The van der Waals surface area contributed by atoms with Crippen LogP contribution in [0.5, 0.6) is 0 Å². The topological polar surface area (TPSA) is 55.0 Å². The third-order valence-corrected chi connectivity index (χ3v) is 2.36. The molecule has 4 nitrogen and oxygen atoms in total. The van der Waals surface area contributed by atoms with Gasteiger partial charge in [-0.05, 0) is 13.8 Å². The van der Waals surface area contributed by atoms with Gasteiger partial charge in [0.15, 0.2) is 11.0 Å². The molecule has 0 fully saturated rings. The minimum Gasteiger partial charge on any atom is -0.393 e. The minimum absolute atomic E-state index is 0.00248. The molecule has 0 atom stereocenters. The van der Waals surface area contributed by atoms with Crippen LogP contribution in [0.2, 0.25) is 5.15 Å². The first-order valence-electron chi connectivity index (χ1n) is 4.81. The summed E-state index contributed by atoms with van der Waals surface area (Å²) in [4.78, 5) is 8.38. The second kappa shape index (κ2) is 4.95. The number of nitrogen functional groups attached to an aromatic ring is 1. The summed E-state index contributed by atoms with van der Waals surface area (Å²) in [6, 6.07) is -0.412. The number of nitrogens with zero attached hydrogens (tertiary/aromatic N) is 3. The molecule has 17 heavy (non-hydrogen) atoms. The molecule has 0 aliphatic carbocycles. The van der Waals surface area contributed by atoms with Crippen LogP contribution in [-0.4, -0.2) is 28.7 Å². The van der Waals surface area contributed by atoms with Gasteiger partial charge in [0, 0.05) is 6.04 Å². The van der Waals surface area contributed by atoms with Crippen LogP contribution in [0.25, 0.3) is 0 Å². The van der Waals surface area contributed by atoms with E-state index in [1.807, 2.05) is 0 Å². The van der Waals surface area contributed by atoms with Gasteiger partial charge in [0.1, 0.15) is 18.6 Å². The maximum absolute atomic E-state index is 12.4. The van der Waals surface area contributed by atoms with Crippen molar-refractivity contribution >= 4 is 23.1 Å². The standard InChI is InChI=1S/C9H12ClF3N4/c1-5(2)17(3-9(11,12)13)8-6(14)7(10)15-4-16-8/h4-5H,3,14H2,1-2H3. The Hall–Kier alpha value is -1.24. The highest BCUT2D eigenvalue weighted by Crippen LogP contribution is 2.29. The van der Waals surface area contributed by atoms with Crippen LogP contribution in [0, 0.1) is 0 Å². The number of hydrogen-bond donors (Lipinski definition) is 1. The fourth-order valence-corrected chi connectivity index (χ4v) is 1.42. The minimum atomic E-state index is -4.34. The molecule has 0 spiro atoms. The quantitative estimate of drug-likeness (QED) is 0.856. The Bertz CT molecular complexity index is 394. The summed E-state index contributed by atoms with van der Waals surface area (Å²) < 4.78 is 37.3. The van der Waals surface area contributed by atoms with Crippen LogP contribution in [0.4, 0.5) is 24.7 Å². The molecule has 0 amide bonds. The lowest BCUT2D eigenvalue weighted by Crippen LogP contribution is -2.40. The predicted molar refractivity (Wildman–Crippen MR) is 60.0 cm³/mol. The molecule has 0 aliphatic heterocycles. The maximum Gasteiger partial charge on any atom is 0.405 e. The monoisotopic (exact) mass is 268 g/mol. The van der Waals surface area contributed by atoms with E-state index in [0.29, 0.717) is 0 Å². The molecule has 0 bridgehead atoms. The number of aromatic nitrogens is 2. The van der Waals surface area contributed by atoms with Crippen LogP contribution in [0.3, 0.4) is 0 Å². The van der Waals surface area contributed by atoms with Crippen molar-refractivity contribution < 1.29 is 13.2 Å². The van der Waals surface area contributed by atoms with E-state index in [-0.39, 0.29) is 16.7 Å². The molecule has 1 aromatic rings. The smallest absolute Gasteiger partial charge is 0.393 e. The Balaban J connectivity index is 3.10. The molecule has 0 radical (unpaired) electrons. The Morgan fingerprint density at radius 2 is 2.00 bits per heavy atom. The number of alkyl halides is 3. The van der Waals surface area contributed by atoms with Crippen molar-refractivity contribution in [1.82, 2.24) is 9.97 Å². The van der Waals surface area contributed by atoms with Gasteiger partial charge >= 0.3 is 6.18 Å². The first kappa shape index (κ1) is 13.8. The molecule has 96 valence electrons. The zero-order chi connectivity index (χ0) is 13.2. The lowest BCUT2D eigenvalue weighted by Gasteiger charge is -2.29. The van der Waals surface area contributed by atoms with Gasteiger partial charge in [0.05, 0.1) is 0 Å². The van der Waals surface area contributed by atoms with E-state index in [1.54, 1.807) is 13.8 Å². The summed E-state index contributed by atoms with van der Waals surface area (Å²) in [5.74, 6) is -0.00248. The molecule has 0 saturated carbocycles. The van der Waals surface area contributed by atoms with Gasteiger partial charge in [0.2, 0.25) is 0 Å². The van der Waals surface area contributed by atoms with Crippen molar-refractivity contribution in [2.24, 2.45) is 0 Å². The van der Waals surface area contributed by atoms with Gasteiger partial charge < -0.3 is 10.6 Å². The molecule has 0 unspecified atom stereocenters. The number of hydrogen-bond acceptors (Lipinski definition) is 4. The zero-order valence-corrected chi connectivity index (χ0v) is 10.0. The molecule has 1 heterocycles. The van der Waals surface area contributed by atoms with Crippen LogP contribution >= 0.6 is 11.6 Å². The van der Waals surface area contributed by atoms with Crippen molar-refractivity contribution in [2.75, 3.05) is 17.2 Å². The largest absolute Gasteiger partial charge is 0.405 e. The van der Waals surface area contributed by atoms with Crippen molar-refractivity contribution in [3.63, 3.8) is 0 Å². The Morgan fingerprint density at radius 3 is 2.47 bits per heavy atom. The fraction of sp³-hybridized carbons (Fsp3) is 0.556. The van der Waals surface area contributed by atoms with Crippen molar-refractivity contribution in [2.45, 2.75) is 26.1 Å². The third-order valence-electron chi connectivity index (χ3n) is 2.06. The molecular formula is C9H12ClF3N4. The van der Waals surface area contributed by atoms with Crippen molar-refractivity contribution in [3.8, 4) is 0 Å². The Morgan fingerprint density at radius 1 is 1.41 bits per heavy atom. The maximum atomic E-state index is 12.4. The molecule has 8 heteroatoms. The van der Waals surface area contributed by atoms with E-state index in [2.05, 4.69) is 9.97 Å². The summed E-state index contributed by atoms with van der Waals surface area (Å²) in [6.07, 6.45) is -3.26. The average molecular weight is 269 g/mol. The van der Waals surface area contributed by atoms with Gasteiger partial charge in [-0.25, -0.2) is 9.97 Å². The lowest BCUT2D eigenvalue weighted by atomic mass is 10.3. The molecule has 0 aliphatic rings. The van der Waals surface area contributed by atoms with E-state index in [0.717, 1.165) is 11.2 Å². The summed E-state index contributed by atoms with van der Waals surface area (Å²) in [5.41, 5.74) is 5.53. The first-order chi connectivity index (χ1) is 7.72. The van der Waals surface area contributed by atoms with E-state index in [4.69, 9.17) is 17.3 Å². The van der Waals surface area contributed by atoms with Crippen LogP contribution < -0.4 is 10.6 Å². The molecular weight excluding hydrogens is 257 g/mol. The van der Waals surface area contributed by atoms with E-state index in [9.17, 15) is 13.2 Å². The Labute approximate surface area is 102 Å². The lowest BCUT2D eigenvalue weighted by molar-refractivity contribution is -0.120.